The Morgan fingerprint density at radius 3 is 2.75 bits per heavy atom. The molecule has 0 spiro atoms. The quantitative estimate of drug-likeness (QED) is 0.836. The Morgan fingerprint density at radius 1 is 1.38 bits per heavy atom. The molecule has 2 rings (SSSR count). The van der Waals surface area contributed by atoms with Gasteiger partial charge in [-0.15, -0.1) is 0 Å². The second-order valence-corrected chi connectivity index (χ2v) is 4.15. The first-order valence-corrected chi connectivity index (χ1v) is 5.60. The first-order chi connectivity index (χ1) is 7.74. The van der Waals surface area contributed by atoms with Crippen LogP contribution in [-0.2, 0) is 0 Å². The summed E-state index contributed by atoms with van der Waals surface area (Å²) in [4.78, 5) is 2.29. The number of likely N-dealkylation sites (tertiary alicyclic amines) is 1. The molecule has 3 nitrogen and oxygen atoms in total. The van der Waals surface area contributed by atoms with E-state index < -0.39 is 0 Å². The number of benzene rings is 1. The molecule has 0 bridgehead atoms. The lowest BCUT2D eigenvalue weighted by Crippen LogP contribution is -2.29. The molecule has 1 aromatic carbocycles. The van der Waals surface area contributed by atoms with Gasteiger partial charge in [0.1, 0.15) is 18.2 Å². The molecule has 88 valence electrons. The zero-order chi connectivity index (χ0) is 11.4. The molecule has 0 radical (unpaired) electrons. The van der Waals surface area contributed by atoms with E-state index in [-0.39, 0.29) is 5.82 Å². The van der Waals surface area contributed by atoms with Gasteiger partial charge >= 0.3 is 0 Å². The number of halogens is 1. The highest BCUT2D eigenvalue weighted by molar-refractivity contribution is 5.21. The monoisotopic (exact) mass is 224 g/mol. The molecule has 1 aromatic rings. The van der Waals surface area contributed by atoms with Crippen LogP contribution in [0.2, 0.25) is 0 Å². The lowest BCUT2D eigenvalue weighted by molar-refractivity contribution is 0.236. The largest absolute Gasteiger partial charge is 0.492 e. The number of nitrogens with zero attached hydrogens (tertiary/aromatic N) is 1. The Bertz CT molecular complexity index is 328. The van der Waals surface area contributed by atoms with Crippen molar-refractivity contribution in [3.8, 4) is 5.75 Å². The zero-order valence-electron chi connectivity index (χ0n) is 9.23. The van der Waals surface area contributed by atoms with Gasteiger partial charge in [-0.3, -0.25) is 4.90 Å². The average Bonchev–Trinajstić information content (AvgIpc) is 2.67. The van der Waals surface area contributed by atoms with Crippen LogP contribution in [0.5, 0.6) is 5.75 Å². The van der Waals surface area contributed by atoms with Crippen molar-refractivity contribution in [3.63, 3.8) is 0 Å². The van der Waals surface area contributed by atoms with Crippen molar-refractivity contribution in [2.45, 2.75) is 12.5 Å². The van der Waals surface area contributed by atoms with Gasteiger partial charge in [-0.1, -0.05) is 0 Å². The lowest BCUT2D eigenvalue weighted by Gasteiger charge is -2.15. The summed E-state index contributed by atoms with van der Waals surface area (Å²) in [5.41, 5.74) is 5.80. The van der Waals surface area contributed by atoms with Crippen molar-refractivity contribution in [1.29, 1.82) is 0 Å². The second-order valence-electron chi connectivity index (χ2n) is 4.15. The van der Waals surface area contributed by atoms with E-state index in [0.717, 1.165) is 26.1 Å². The summed E-state index contributed by atoms with van der Waals surface area (Å²) in [7, 11) is 0. The fraction of sp³-hybridized carbons (Fsp3) is 0.500. The molecule has 2 N–H and O–H groups in total. The van der Waals surface area contributed by atoms with Crippen LogP contribution < -0.4 is 10.5 Å². The summed E-state index contributed by atoms with van der Waals surface area (Å²) in [6, 6.07) is 6.41. The molecule has 0 aromatic heterocycles. The maximum atomic E-state index is 12.6. The zero-order valence-corrected chi connectivity index (χ0v) is 9.23. The average molecular weight is 224 g/mol. The lowest BCUT2D eigenvalue weighted by atomic mass is 10.3. The second kappa shape index (κ2) is 5.27. The smallest absolute Gasteiger partial charge is 0.123 e. The third-order valence-electron chi connectivity index (χ3n) is 2.80. The number of ether oxygens (including phenoxy) is 1. The van der Waals surface area contributed by atoms with Crippen LogP contribution in [0.4, 0.5) is 4.39 Å². The molecule has 0 unspecified atom stereocenters. The molecule has 1 atom stereocenters. The third kappa shape index (κ3) is 3.18. The molecule has 4 heteroatoms. The van der Waals surface area contributed by atoms with Gasteiger partial charge in [-0.05, 0) is 37.2 Å². The van der Waals surface area contributed by atoms with E-state index in [1.54, 1.807) is 12.1 Å². The topological polar surface area (TPSA) is 38.5 Å². The van der Waals surface area contributed by atoms with E-state index in [1.807, 2.05) is 0 Å². The highest BCUT2D eigenvalue weighted by Crippen LogP contribution is 2.11. The summed E-state index contributed by atoms with van der Waals surface area (Å²) in [5, 5.41) is 0. The van der Waals surface area contributed by atoms with Gasteiger partial charge in [0.15, 0.2) is 0 Å². The molecule has 0 saturated carbocycles. The van der Waals surface area contributed by atoms with Crippen LogP contribution in [0.3, 0.4) is 0 Å². The van der Waals surface area contributed by atoms with Gasteiger partial charge in [0.2, 0.25) is 0 Å². The first-order valence-electron chi connectivity index (χ1n) is 5.60. The number of rotatable bonds is 4. The number of nitrogens with two attached hydrogens (primary N) is 1. The van der Waals surface area contributed by atoms with Gasteiger partial charge in [-0.2, -0.15) is 0 Å². The van der Waals surface area contributed by atoms with Crippen molar-refractivity contribution in [3.05, 3.63) is 30.1 Å². The minimum absolute atomic E-state index is 0.238. The fourth-order valence-electron chi connectivity index (χ4n) is 1.89. The van der Waals surface area contributed by atoms with Crippen molar-refractivity contribution in [2.24, 2.45) is 5.73 Å². The van der Waals surface area contributed by atoms with Crippen LogP contribution in [0, 0.1) is 5.82 Å². The van der Waals surface area contributed by atoms with Gasteiger partial charge in [-0.25, -0.2) is 4.39 Å². The first kappa shape index (κ1) is 11.4. The van der Waals surface area contributed by atoms with Crippen LogP contribution >= 0.6 is 0 Å². The minimum Gasteiger partial charge on any atom is -0.492 e. The minimum atomic E-state index is -0.238. The van der Waals surface area contributed by atoms with Gasteiger partial charge < -0.3 is 10.5 Å². The normalized spacial score (nSPS) is 21.2. The molecular formula is C12H17FN2O. The van der Waals surface area contributed by atoms with E-state index in [0.29, 0.717) is 18.4 Å². The van der Waals surface area contributed by atoms with E-state index in [1.165, 1.54) is 12.1 Å². The van der Waals surface area contributed by atoms with Crippen LogP contribution in [0.1, 0.15) is 6.42 Å². The van der Waals surface area contributed by atoms with Gasteiger partial charge in [0.25, 0.3) is 0 Å². The summed E-state index contributed by atoms with van der Waals surface area (Å²) in [5.74, 6) is 0.475. The summed E-state index contributed by atoms with van der Waals surface area (Å²) >= 11 is 0. The molecule has 1 heterocycles. The van der Waals surface area contributed by atoms with Crippen molar-refractivity contribution in [1.82, 2.24) is 4.90 Å². The maximum absolute atomic E-state index is 12.6. The van der Waals surface area contributed by atoms with Gasteiger partial charge in [0, 0.05) is 19.1 Å². The van der Waals surface area contributed by atoms with Crippen LogP contribution in [-0.4, -0.2) is 37.2 Å². The Morgan fingerprint density at radius 2 is 2.12 bits per heavy atom. The SMILES string of the molecule is N[C@H]1CCN(CCOc2ccc(F)cc2)C1. The molecule has 0 aliphatic carbocycles. The maximum Gasteiger partial charge on any atom is 0.123 e. The van der Waals surface area contributed by atoms with Gasteiger partial charge in [0.05, 0.1) is 0 Å². The van der Waals surface area contributed by atoms with Crippen LogP contribution in [0.25, 0.3) is 0 Å². The highest BCUT2D eigenvalue weighted by atomic mass is 19.1. The van der Waals surface area contributed by atoms with E-state index >= 15 is 0 Å². The fourth-order valence-corrected chi connectivity index (χ4v) is 1.89. The predicted octanol–water partition coefficient (Wildman–Crippen LogP) is 1.24. The molecule has 1 fully saturated rings. The Hall–Kier alpha value is -1.13. The van der Waals surface area contributed by atoms with Crippen molar-refractivity contribution < 1.29 is 9.13 Å². The summed E-state index contributed by atoms with van der Waals surface area (Å²) < 4.78 is 18.1. The summed E-state index contributed by atoms with van der Waals surface area (Å²) in [6.45, 7) is 3.50. The Labute approximate surface area is 95.0 Å². The molecule has 1 aliphatic heterocycles. The molecule has 1 saturated heterocycles. The number of hydrogen-bond donors (Lipinski definition) is 1. The standard InChI is InChI=1S/C12H17FN2O/c13-10-1-3-12(4-2-10)16-8-7-15-6-5-11(14)9-15/h1-4,11H,5-9,14H2/t11-/m0/s1. The highest BCUT2D eigenvalue weighted by Gasteiger charge is 2.18. The third-order valence-corrected chi connectivity index (χ3v) is 2.80. The molecule has 0 amide bonds. The van der Waals surface area contributed by atoms with E-state index in [4.69, 9.17) is 10.5 Å². The summed E-state index contributed by atoms with van der Waals surface area (Å²) in [6.07, 6.45) is 1.07. The Kier molecular flexibility index (Phi) is 3.74. The number of hydrogen-bond acceptors (Lipinski definition) is 3. The van der Waals surface area contributed by atoms with Crippen molar-refractivity contribution in [2.75, 3.05) is 26.2 Å². The van der Waals surface area contributed by atoms with E-state index in [2.05, 4.69) is 4.90 Å². The Balaban J connectivity index is 1.70. The van der Waals surface area contributed by atoms with Crippen LogP contribution in [0.15, 0.2) is 24.3 Å². The van der Waals surface area contributed by atoms with E-state index in [9.17, 15) is 4.39 Å². The molecular weight excluding hydrogens is 207 g/mol. The molecule has 16 heavy (non-hydrogen) atoms. The molecule has 1 aliphatic rings. The van der Waals surface area contributed by atoms with Crippen molar-refractivity contribution >= 4 is 0 Å². The predicted molar refractivity (Wildman–Crippen MR) is 60.9 cm³/mol.